The van der Waals surface area contributed by atoms with Crippen LogP contribution in [0, 0.1) is 28.9 Å². The molecule has 1 fully saturated rings. The Hall–Kier alpha value is -1.63. The van der Waals surface area contributed by atoms with Crippen LogP contribution in [-0.2, 0) is 0 Å². The predicted molar refractivity (Wildman–Crippen MR) is 75.5 cm³/mol. The first kappa shape index (κ1) is 14.8. The van der Waals surface area contributed by atoms with Gasteiger partial charge in [0.15, 0.2) is 11.6 Å². The van der Waals surface area contributed by atoms with E-state index < -0.39 is 11.6 Å². The van der Waals surface area contributed by atoms with Gasteiger partial charge in [-0.1, -0.05) is 26.7 Å². The van der Waals surface area contributed by atoms with Crippen LogP contribution in [0.3, 0.4) is 0 Å². The van der Waals surface area contributed by atoms with Crippen LogP contribution in [0.2, 0.25) is 0 Å². The SMILES string of the molecule is CC(C)CN(c1c(F)cc(C#N)cc1F)C1CCCC1. The Kier molecular flexibility index (Phi) is 4.59. The third-order valence-corrected chi connectivity index (χ3v) is 3.76. The fourth-order valence-electron chi connectivity index (χ4n) is 2.94. The van der Waals surface area contributed by atoms with Crippen LogP contribution in [0.4, 0.5) is 14.5 Å². The maximum absolute atomic E-state index is 14.2. The number of rotatable bonds is 4. The molecule has 0 unspecified atom stereocenters. The van der Waals surface area contributed by atoms with Gasteiger partial charge in [0.1, 0.15) is 5.69 Å². The lowest BCUT2D eigenvalue weighted by Gasteiger charge is -2.33. The molecule has 2 nitrogen and oxygen atoms in total. The molecule has 0 N–H and O–H groups in total. The van der Waals surface area contributed by atoms with Crippen molar-refractivity contribution in [2.75, 3.05) is 11.4 Å². The molecule has 1 aliphatic rings. The number of hydrogen-bond donors (Lipinski definition) is 0. The van der Waals surface area contributed by atoms with Crippen molar-refractivity contribution in [2.45, 2.75) is 45.6 Å². The third kappa shape index (κ3) is 3.09. The second kappa shape index (κ2) is 6.21. The van der Waals surface area contributed by atoms with Gasteiger partial charge >= 0.3 is 0 Å². The first-order valence-electron chi connectivity index (χ1n) is 7.18. The molecule has 0 aliphatic heterocycles. The lowest BCUT2D eigenvalue weighted by atomic mass is 10.1. The largest absolute Gasteiger partial charge is 0.364 e. The Balaban J connectivity index is 2.40. The van der Waals surface area contributed by atoms with Gasteiger partial charge < -0.3 is 4.90 Å². The summed E-state index contributed by atoms with van der Waals surface area (Å²) in [4.78, 5) is 1.86. The zero-order valence-corrected chi connectivity index (χ0v) is 12.0. The average molecular weight is 278 g/mol. The molecule has 4 heteroatoms. The Bertz CT molecular complexity index is 491. The molecule has 1 saturated carbocycles. The van der Waals surface area contributed by atoms with E-state index in [4.69, 9.17) is 5.26 Å². The smallest absolute Gasteiger partial charge is 0.150 e. The van der Waals surface area contributed by atoms with Gasteiger partial charge in [0, 0.05) is 12.6 Å². The summed E-state index contributed by atoms with van der Waals surface area (Å²) in [6, 6.07) is 4.24. The van der Waals surface area contributed by atoms with Crippen LogP contribution in [0.1, 0.15) is 45.1 Å². The fraction of sp³-hybridized carbons (Fsp3) is 0.562. The van der Waals surface area contributed by atoms with Crippen LogP contribution in [0.25, 0.3) is 0 Å². The van der Waals surface area contributed by atoms with E-state index in [0.29, 0.717) is 12.5 Å². The molecule has 2 rings (SSSR count). The summed E-state index contributed by atoms with van der Waals surface area (Å²) in [5.41, 5.74) is 0.0595. The minimum atomic E-state index is -0.630. The Morgan fingerprint density at radius 3 is 2.25 bits per heavy atom. The van der Waals surface area contributed by atoms with E-state index >= 15 is 0 Å². The highest BCUT2D eigenvalue weighted by atomic mass is 19.1. The van der Waals surface area contributed by atoms with E-state index in [1.54, 1.807) is 6.07 Å². The molecule has 0 aromatic heterocycles. The summed E-state index contributed by atoms with van der Waals surface area (Å²) >= 11 is 0. The number of anilines is 1. The van der Waals surface area contributed by atoms with Crippen LogP contribution in [-0.4, -0.2) is 12.6 Å². The summed E-state index contributed by atoms with van der Waals surface area (Å²) in [6.07, 6.45) is 4.18. The molecular weight excluding hydrogens is 258 g/mol. The average Bonchev–Trinajstić information content (AvgIpc) is 2.89. The minimum Gasteiger partial charge on any atom is -0.364 e. The molecule has 0 bridgehead atoms. The van der Waals surface area contributed by atoms with E-state index in [1.165, 1.54) is 0 Å². The van der Waals surface area contributed by atoms with E-state index in [-0.39, 0.29) is 17.3 Å². The molecule has 0 radical (unpaired) electrons. The van der Waals surface area contributed by atoms with Gasteiger partial charge in [-0.15, -0.1) is 0 Å². The lowest BCUT2D eigenvalue weighted by Crippen LogP contribution is -2.37. The highest BCUT2D eigenvalue weighted by Crippen LogP contribution is 2.33. The number of nitrogens with zero attached hydrogens (tertiary/aromatic N) is 2. The van der Waals surface area contributed by atoms with Crippen molar-refractivity contribution in [3.8, 4) is 6.07 Å². The predicted octanol–water partition coefficient (Wildman–Crippen LogP) is 4.24. The quantitative estimate of drug-likeness (QED) is 0.823. The molecule has 1 aromatic rings. The second-order valence-corrected chi connectivity index (χ2v) is 5.88. The summed E-state index contributed by atoms with van der Waals surface area (Å²) in [7, 11) is 0. The molecule has 1 aliphatic carbocycles. The highest BCUT2D eigenvalue weighted by molar-refractivity contribution is 5.53. The van der Waals surface area contributed by atoms with Crippen molar-refractivity contribution >= 4 is 5.69 Å². The molecule has 108 valence electrons. The zero-order chi connectivity index (χ0) is 14.7. The molecule has 0 saturated heterocycles. The van der Waals surface area contributed by atoms with Crippen molar-refractivity contribution < 1.29 is 8.78 Å². The summed E-state index contributed by atoms with van der Waals surface area (Å²) < 4.78 is 28.4. The summed E-state index contributed by atoms with van der Waals surface area (Å²) in [5.74, 6) is -0.937. The van der Waals surface area contributed by atoms with Crippen LogP contribution in [0.5, 0.6) is 0 Å². The lowest BCUT2D eigenvalue weighted by molar-refractivity contribution is 0.501. The van der Waals surface area contributed by atoms with E-state index in [0.717, 1.165) is 37.8 Å². The van der Waals surface area contributed by atoms with Crippen LogP contribution >= 0.6 is 0 Å². The van der Waals surface area contributed by atoms with E-state index in [9.17, 15) is 8.78 Å². The summed E-state index contributed by atoms with van der Waals surface area (Å²) in [5, 5.41) is 8.78. The number of nitriles is 1. The third-order valence-electron chi connectivity index (χ3n) is 3.76. The zero-order valence-electron chi connectivity index (χ0n) is 12.0. The standard InChI is InChI=1S/C16H20F2N2/c1-11(2)10-20(13-5-3-4-6-13)16-14(17)7-12(9-19)8-15(16)18/h7-8,11,13H,3-6,10H2,1-2H3. The molecule has 1 aromatic carbocycles. The van der Waals surface area contributed by atoms with Gasteiger partial charge in [0.25, 0.3) is 0 Å². The maximum atomic E-state index is 14.2. The van der Waals surface area contributed by atoms with E-state index in [1.807, 2.05) is 18.7 Å². The Morgan fingerprint density at radius 1 is 1.25 bits per heavy atom. The number of benzene rings is 1. The number of halogens is 2. The van der Waals surface area contributed by atoms with Gasteiger partial charge in [-0.25, -0.2) is 8.78 Å². The monoisotopic (exact) mass is 278 g/mol. The van der Waals surface area contributed by atoms with E-state index in [2.05, 4.69) is 0 Å². The second-order valence-electron chi connectivity index (χ2n) is 5.88. The highest BCUT2D eigenvalue weighted by Gasteiger charge is 2.28. The van der Waals surface area contributed by atoms with Crippen LogP contribution in [0.15, 0.2) is 12.1 Å². The molecular formula is C16H20F2N2. The van der Waals surface area contributed by atoms with Crippen molar-refractivity contribution in [1.82, 2.24) is 0 Å². The molecule has 20 heavy (non-hydrogen) atoms. The first-order chi connectivity index (χ1) is 9.52. The minimum absolute atomic E-state index is 0.0275. The van der Waals surface area contributed by atoms with Crippen molar-refractivity contribution in [3.05, 3.63) is 29.3 Å². The van der Waals surface area contributed by atoms with Crippen molar-refractivity contribution in [2.24, 2.45) is 5.92 Å². The van der Waals surface area contributed by atoms with Gasteiger partial charge in [0.05, 0.1) is 11.6 Å². The molecule has 0 spiro atoms. The summed E-state index contributed by atoms with van der Waals surface area (Å²) in [6.45, 7) is 4.72. The maximum Gasteiger partial charge on any atom is 0.150 e. The Morgan fingerprint density at radius 2 is 1.80 bits per heavy atom. The Labute approximate surface area is 119 Å². The van der Waals surface area contributed by atoms with Gasteiger partial charge in [0.2, 0.25) is 0 Å². The molecule has 0 atom stereocenters. The van der Waals surface area contributed by atoms with Crippen LogP contribution < -0.4 is 4.90 Å². The van der Waals surface area contributed by atoms with Gasteiger partial charge in [-0.05, 0) is 30.9 Å². The van der Waals surface area contributed by atoms with Crippen molar-refractivity contribution in [1.29, 1.82) is 5.26 Å². The van der Waals surface area contributed by atoms with Gasteiger partial charge in [-0.2, -0.15) is 5.26 Å². The molecule has 0 heterocycles. The number of hydrogen-bond acceptors (Lipinski definition) is 2. The van der Waals surface area contributed by atoms with Gasteiger partial charge in [-0.3, -0.25) is 0 Å². The normalized spacial score (nSPS) is 15.6. The molecule has 0 amide bonds. The fourth-order valence-corrected chi connectivity index (χ4v) is 2.94. The topological polar surface area (TPSA) is 27.0 Å². The van der Waals surface area contributed by atoms with Crippen molar-refractivity contribution in [3.63, 3.8) is 0 Å². The first-order valence-corrected chi connectivity index (χ1v) is 7.18.